The maximum atomic E-state index is 13.1. The van der Waals surface area contributed by atoms with Gasteiger partial charge in [-0.1, -0.05) is 36.8 Å². The zero-order chi connectivity index (χ0) is 15.4. The van der Waals surface area contributed by atoms with Crippen molar-refractivity contribution in [2.24, 2.45) is 11.8 Å². The SMILES string of the molecule is C[C@H](c1ccccc1)N(CC1CCC1)C(=O)C1CCOCC1. The molecule has 1 aliphatic carbocycles. The van der Waals surface area contributed by atoms with Crippen molar-refractivity contribution in [3.05, 3.63) is 35.9 Å². The highest BCUT2D eigenvalue weighted by Crippen LogP contribution is 2.32. The van der Waals surface area contributed by atoms with Crippen LogP contribution in [0.3, 0.4) is 0 Å². The van der Waals surface area contributed by atoms with Gasteiger partial charge in [0.2, 0.25) is 5.91 Å². The van der Waals surface area contributed by atoms with Gasteiger partial charge in [0.15, 0.2) is 0 Å². The Hall–Kier alpha value is -1.35. The van der Waals surface area contributed by atoms with E-state index in [0.29, 0.717) is 11.8 Å². The molecule has 2 fully saturated rings. The molecule has 0 bridgehead atoms. The summed E-state index contributed by atoms with van der Waals surface area (Å²) in [6.07, 6.45) is 5.63. The van der Waals surface area contributed by atoms with Crippen molar-refractivity contribution < 1.29 is 9.53 Å². The zero-order valence-corrected chi connectivity index (χ0v) is 13.5. The van der Waals surface area contributed by atoms with Gasteiger partial charge in [-0.15, -0.1) is 0 Å². The van der Waals surface area contributed by atoms with Crippen LogP contribution in [0.4, 0.5) is 0 Å². The molecule has 3 heteroatoms. The van der Waals surface area contributed by atoms with E-state index < -0.39 is 0 Å². The number of amides is 1. The van der Waals surface area contributed by atoms with Gasteiger partial charge >= 0.3 is 0 Å². The Bertz CT molecular complexity index is 477. The van der Waals surface area contributed by atoms with E-state index >= 15 is 0 Å². The molecule has 1 atom stereocenters. The molecule has 1 amide bonds. The fourth-order valence-corrected chi connectivity index (χ4v) is 3.48. The molecule has 0 N–H and O–H groups in total. The summed E-state index contributed by atoms with van der Waals surface area (Å²) in [5.74, 6) is 1.20. The highest BCUT2D eigenvalue weighted by Gasteiger charge is 2.32. The van der Waals surface area contributed by atoms with E-state index in [9.17, 15) is 4.79 Å². The first-order valence-electron chi connectivity index (χ1n) is 8.69. The smallest absolute Gasteiger partial charge is 0.226 e. The zero-order valence-electron chi connectivity index (χ0n) is 13.5. The van der Waals surface area contributed by atoms with Crippen molar-refractivity contribution in [1.29, 1.82) is 0 Å². The summed E-state index contributed by atoms with van der Waals surface area (Å²) in [6.45, 7) is 4.55. The average Bonchev–Trinajstić information content (AvgIpc) is 2.54. The van der Waals surface area contributed by atoms with E-state index in [1.807, 2.05) is 6.07 Å². The molecule has 2 aliphatic rings. The van der Waals surface area contributed by atoms with Crippen molar-refractivity contribution in [1.82, 2.24) is 4.90 Å². The Morgan fingerprint density at radius 3 is 2.45 bits per heavy atom. The first-order valence-corrected chi connectivity index (χ1v) is 8.69. The largest absolute Gasteiger partial charge is 0.381 e. The lowest BCUT2D eigenvalue weighted by molar-refractivity contribution is -0.142. The van der Waals surface area contributed by atoms with Gasteiger partial charge in [0.05, 0.1) is 6.04 Å². The third kappa shape index (κ3) is 3.52. The van der Waals surface area contributed by atoms with Crippen LogP contribution in [0.25, 0.3) is 0 Å². The number of rotatable bonds is 5. The lowest BCUT2D eigenvalue weighted by atomic mass is 9.84. The molecule has 1 heterocycles. The standard InChI is InChI=1S/C19H27NO2/c1-15(17-8-3-2-4-9-17)20(14-16-6-5-7-16)19(21)18-10-12-22-13-11-18/h2-4,8-9,15-16,18H,5-7,10-14H2,1H3/t15-/m1/s1. The predicted octanol–water partition coefficient (Wildman–Crippen LogP) is 3.80. The van der Waals surface area contributed by atoms with E-state index in [4.69, 9.17) is 4.74 Å². The van der Waals surface area contributed by atoms with Gasteiger partial charge in [-0.2, -0.15) is 0 Å². The molecule has 0 spiro atoms. The van der Waals surface area contributed by atoms with Crippen LogP contribution in [0.15, 0.2) is 30.3 Å². The molecule has 3 rings (SSSR count). The van der Waals surface area contributed by atoms with Gasteiger partial charge in [0, 0.05) is 25.7 Å². The number of carbonyl (C=O) groups is 1. The van der Waals surface area contributed by atoms with Crippen LogP contribution in [0.5, 0.6) is 0 Å². The minimum Gasteiger partial charge on any atom is -0.381 e. The molecule has 3 nitrogen and oxygen atoms in total. The predicted molar refractivity (Wildman–Crippen MR) is 87.5 cm³/mol. The molecule has 1 aromatic carbocycles. The molecule has 120 valence electrons. The van der Waals surface area contributed by atoms with Crippen molar-refractivity contribution >= 4 is 5.91 Å². The summed E-state index contributed by atoms with van der Waals surface area (Å²) in [7, 11) is 0. The maximum absolute atomic E-state index is 13.1. The fourth-order valence-electron chi connectivity index (χ4n) is 3.48. The maximum Gasteiger partial charge on any atom is 0.226 e. The number of hydrogen-bond acceptors (Lipinski definition) is 2. The van der Waals surface area contributed by atoms with Crippen molar-refractivity contribution in [2.45, 2.75) is 45.1 Å². The topological polar surface area (TPSA) is 29.5 Å². The van der Waals surface area contributed by atoms with Gasteiger partial charge < -0.3 is 9.64 Å². The highest BCUT2D eigenvalue weighted by molar-refractivity contribution is 5.79. The third-order valence-electron chi connectivity index (χ3n) is 5.28. The van der Waals surface area contributed by atoms with Crippen molar-refractivity contribution in [3.63, 3.8) is 0 Å². The molecule has 1 saturated carbocycles. The molecule has 1 saturated heterocycles. The summed E-state index contributed by atoms with van der Waals surface area (Å²) >= 11 is 0. The summed E-state index contributed by atoms with van der Waals surface area (Å²) in [5.41, 5.74) is 1.24. The molecule has 22 heavy (non-hydrogen) atoms. The first kappa shape index (κ1) is 15.5. The van der Waals surface area contributed by atoms with E-state index in [2.05, 4.69) is 36.1 Å². The van der Waals surface area contributed by atoms with Gasteiger partial charge in [0.1, 0.15) is 0 Å². The Kier molecular flexibility index (Phi) is 5.14. The fraction of sp³-hybridized carbons (Fsp3) is 0.632. The number of carbonyl (C=O) groups excluding carboxylic acids is 1. The van der Waals surface area contributed by atoms with Crippen LogP contribution < -0.4 is 0 Å². The van der Waals surface area contributed by atoms with E-state index in [-0.39, 0.29) is 12.0 Å². The third-order valence-corrected chi connectivity index (χ3v) is 5.28. The normalized spacial score (nSPS) is 21.1. The second-order valence-electron chi connectivity index (χ2n) is 6.76. The Balaban J connectivity index is 1.74. The second-order valence-corrected chi connectivity index (χ2v) is 6.76. The van der Waals surface area contributed by atoms with Gasteiger partial charge in [0.25, 0.3) is 0 Å². The quantitative estimate of drug-likeness (QED) is 0.828. The van der Waals surface area contributed by atoms with Crippen LogP contribution in [0.2, 0.25) is 0 Å². The van der Waals surface area contributed by atoms with Gasteiger partial charge in [-0.05, 0) is 44.1 Å². The van der Waals surface area contributed by atoms with Crippen LogP contribution >= 0.6 is 0 Å². The van der Waals surface area contributed by atoms with Gasteiger partial charge in [-0.25, -0.2) is 0 Å². The van der Waals surface area contributed by atoms with Crippen LogP contribution in [0.1, 0.15) is 50.6 Å². The average molecular weight is 301 g/mol. The molecule has 0 radical (unpaired) electrons. The van der Waals surface area contributed by atoms with Crippen LogP contribution in [-0.4, -0.2) is 30.6 Å². The minimum atomic E-state index is 0.153. The monoisotopic (exact) mass is 301 g/mol. The number of ether oxygens (including phenoxy) is 1. The van der Waals surface area contributed by atoms with E-state index in [1.165, 1.54) is 24.8 Å². The van der Waals surface area contributed by atoms with Gasteiger partial charge in [-0.3, -0.25) is 4.79 Å². The van der Waals surface area contributed by atoms with E-state index in [1.54, 1.807) is 0 Å². The summed E-state index contributed by atoms with van der Waals surface area (Å²) in [5, 5.41) is 0. The molecule has 1 aromatic rings. The number of hydrogen-bond donors (Lipinski definition) is 0. The highest BCUT2D eigenvalue weighted by atomic mass is 16.5. The summed E-state index contributed by atoms with van der Waals surface area (Å²) in [4.78, 5) is 15.2. The summed E-state index contributed by atoms with van der Waals surface area (Å²) < 4.78 is 5.42. The molecule has 0 aromatic heterocycles. The molecule has 0 unspecified atom stereocenters. The molecular formula is C19H27NO2. The van der Waals surface area contributed by atoms with Crippen LogP contribution in [0, 0.1) is 11.8 Å². The van der Waals surface area contributed by atoms with E-state index in [0.717, 1.165) is 32.6 Å². The molecular weight excluding hydrogens is 274 g/mol. The van der Waals surface area contributed by atoms with Crippen molar-refractivity contribution in [2.75, 3.05) is 19.8 Å². The summed E-state index contributed by atoms with van der Waals surface area (Å²) in [6, 6.07) is 10.6. The Morgan fingerprint density at radius 1 is 1.18 bits per heavy atom. The second kappa shape index (κ2) is 7.28. The minimum absolute atomic E-state index is 0.153. The Morgan fingerprint density at radius 2 is 1.86 bits per heavy atom. The molecule has 1 aliphatic heterocycles. The Labute approximate surface area is 133 Å². The van der Waals surface area contributed by atoms with Crippen molar-refractivity contribution in [3.8, 4) is 0 Å². The first-order chi connectivity index (χ1) is 10.8. The van der Waals surface area contributed by atoms with Crippen LogP contribution in [-0.2, 0) is 9.53 Å². The lowest BCUT2D eigenvalue weighted by Crippen LogP contribution is -2.43. The number of nitrogens with zero attached hydrogens (tertiary/aromatic N) is 1. The number of benzene rings is 1. The lowest BCUT2D eigenvalue weighted by Gasteiger charge is -2.38.